The fraction of sp³-hybridized carbons (Fsp3) is 1.00. The van der Waals surface area contributed by atoms with Gasteiger partial charge in [-0.25, -0.2) is 0 Å². The van der Waals surface area contributed by atoms with E-state index in [1.54, 1.807) is 0 Å². The predicted molar refractivity (Wildman–Crippen MR) is 76.4 cm³/mol. The van der Waals surface area contributed by atoms with Crippen molar-refractivity contribution in [1.82, 2.24) is 0 Å². The Balaban J connectivity index is 2.73. The van der Waals surface area contributed by atoms with Gasteiger partial charge in [0.25, 0.3) is 0 Å². The summed E-state index contributed by atoms with van der Waals surface area (Å²) in [4.78, 5) is 0. The third kappa shape index (κ3) is 3.53. The summed E-state index contributed by atoms with van der Waals surface area (Å²) in [6.07, 6.45) is 7.27. The quantitative estimate of drug-likeness (QED) is 0.550. The van der Waals surface area contributed by atoms with E-state index in [2.05, 4.69) is 41.5 Å². The molecule has 1 heterocycles. The van der Waals surface area contributed by atoms with Gasteiger partial charge in [-0.15, -0.1) is 0 Å². The maximum Gasteiger partial charge on any atom is 0.146 e. The molecule has 1 fully saturated rings. The van der Waals surface area contributed by atoms with Gasteiger partial charge in [-0.2, -0.15) is 0 Å². The van der Waals surface area contributed by atoms with Crippen LogP contribution in [0.4, 0.5) is 0 Å². The third-order valence-corrected chi connectivity index (χ3v) is 5.31. The molecule has 2 atom stereocenters. The maximum absolute atomic E-state index is 2.49. The lowest BCUT2D eigenvalue weighted by molar-refractivity contribution is 0.417. The van der Waals surface area contributed by atoms with Crippen molar-refractivity contribution >= 4 is 6.71 Å². The average Bonchev–Trinajstić information content (AvgIpc) is 2.13. The van der Waals surface area contributed by atoms with Crippen LogP contribution in [0.5, 0.6) is 0 Å². The van der Waals surface area contributed by atoms with E-state index in [1.807, 2.05) is 0 Å². The summed E-state index contributed by atoms with van der Waals surface area (Å²) >= 11 is 0. The van der Waals surface area contributed by atoms with Gasteiger partial charge >= 0.3 is 0 Å². The molecule has 1 rings (SSSR count). The zero-order valence-electron chi connectivity index (χ0n) is 12.3. The van der Waals surface area contributed by atoms with Gasteiger partial charge in [-0.05, 0) is 5.92 Å². The fourth-order valence-electron chi connectivity index (χ4n) is 3.20. The number of hydrogen-bond acceptors (Lipinski definition) is 0. The Hall–Kier alpha value is 0.0649. The van der Waals surface area contributed by atoms with Gasteiger partial charge < -0.3 is 0 Å². The lowest BCUT2D eigenvalue weighted by Crippen LogP contribution is -2.35. The molecule has 0 radical (unpaired) electrons. The van der Waals surface area contributed by atoms with Crippen LogP contribution >= 0.6 is 0 Å². The van der Waals surface area contributed by atoms with Crippen molar-refractivity contribution in [3.63, 3.8) is 0 Å². The predicted octanol–water partition coefficient (Wildman–Crippen LogP) is 5.37. The van der Waals surface area contributed by atoms with Gasteiger partial charge in [-0.3, -0.25) is 0 Å². The van der Waals surface area contributed by atoms with Crippen molar-refractivity contribution in [2.75, 3.05) is 0 Å². The summed E-state index contributed by atoms with van der Waals surface area (Å²) in [5.41, 5.74) is 0. The molecule has 1 saturated heterocycles. The maximum atomic E-state index is 2.49. The van der Waals surface area contributed by atoms with Crippen LogP contribution in [0.25, 0.3) is 0 Å². The Morgan fingerprint density at radius 3 is 1.81 bits per heavy atom. The van der Waals surface area contributed by atoms with Crippen molar-refractivity contribution in [2.45, 2.75) is 78.8 Å². The Labute approximate surface area is 104 Å². The highest BCUT2D eigenvalue weighted by atomic mass is 14.2. The van der Waals surface area contributed by atoms with E-state index < -0.39 is 0 Å². The molecular formula is C15H31B. The van der Waals surface area contributed by atoms with Crippen molar-refractivity contribution in [2.24, 2.45) is 17.8 Å². The lowest BCUT2D eigenvalue weighted by atomic mass is 9.26. The number of hydrogen-bond donors (Lipinski definition) is 0. The monoisotopic (exact) mass is 222 g/mol. The Kier molecular flexibility index (Phi) is 4.95. The van der Waals surface area contributed by atoms with Crippen molar-refractivity contribution in [3.05, 3.63) is 0 Å². The molecule has 0 bridgehead atoms. The molecule has 0 N–H and O–H groups in total. The second kappa shape index (κ2) is 5.60. The van der Waals surface area contributed by atoms with Gasteiger partial charge in [0, 0.05) is 0 Å². The molecule has 0 spiro atoms. The molecule has 1 aliphatic heterocycles. The van der Waals surface area contributed by atoms with E-state index in [9.17, 15) is 0 Å². The lowest BCUT2D eigenvalue weighted by Gasteiger charge is -2.39. The minimum absolute atomic E-state index is 0.514. The molecule has 1 aliphatic rings. The molecule has 0 aliphatic carbocycles. The zero-order chi connectivity index (χ0) is 12.3. The van der Waals surface area contributed by atoms with Gasteiger partial charge in [0.2, 0.25) is 0 Å². The smallest absolute Gasteiger partial charge is 0.0711 e. The molecule has 16 heavy (non-hydrogen) atoms. The van der Waals surface area contributed by atoms with Crippen LogP contribution in [0.3, 0.4) is 0 Å². The minimum Gasteiger partial charge on any atom is -0.0711 e. The summed E-state index contributed by atoms with van der Waals surface area (Å²) < 4.78 is 0. The first kappa shape index (κ1) is 14.1. The van der Waals surface area contributed by atoms with E-state index in [0.29, 0.717) is 5.31 Å². The zero-order valence-corrected chi connectivity index (χ0v) is 12.3. The van der Waals surface area contributed by atoms with Crippen LogP contribution in [0.1, 0.15) is 60.8 Å². The van der Waals surface area contributed by atoms with Crippen molar-refractivity contribution in [1.29, 1.82) is 0 Å². The molecule has 0 saturated carbocycles. The molecule has 1 heteroatoms. The van der Waals surface area contributed by atoms with Gasteiger partial charge in [0.1, 0.15) is 6.71 Å². The SMILES string of the molecule is CC(C)C(C)(C)B1C[C@H](C)CCC[C@H](C)C1. The van der Waals surface area contributed by atoms with Gasteiger partial charge in [-0.1, -0.05) is 90.6 Å². The van der Waals surface area contributed by atoms with Crippen molar-refractivity contribution in [3.8, 4) is 0 Å². The van der Waals surface area contributed by atoms with E-state index in [4.69, 9.17) is 0 Å². The Morgan fingerprint density at radius 1 is 1.00 bits per heavy atom. The highest BCUT2D eigenvalue weighted by molar-refractivity contribution is 6.62. The van der Waals surface area contributed by atoms with Crippen LogP contribution in [0.2, 0.25) is 18.0 Å². The molecule has 0 nitrogen and oxygen atoms in total. The second-order valence-electron chi connectivity index (χ2n) is 7.29. The minimum atomic E-state index is 0.514. The van der Waals surface area contributed by atoms with Gasteiger partial charge in [0.15, 0.2) is 0 Å². The average molecular weight is 222 g/mol. The van der Waals surface area contributed by atoms with Gasteiger partial charge in [0.05, 0.1) is 0 Å². The molecule has 0 amide bonds. The summed E-state index contributed by atoms with van der Waals surface area (Å²) in [5, 5.41) is 0.514. The molecule has 94 valence electrons. The Bertz CT molecular complexity index is 195. The summed E-state index contributed by atoms with van der Waals surface area (Å²) in [6, 6.07) is 0. The van der Waals surface area contributed by atoms with E-state index >= 15 is 0 Å². The van der Waals surface area contributed by atoms with Crippen LogP contribution in [0.15, 0.2) is 0 Å². The third-order valence-electron chi connectivity index (χ3n) is 5.31. The molecule has 0 aromatic rings. The van der Waals surface area contributed by atoms with Crippen LogP contribution in [0, 0.1) is 17.8 Å². The number of rotatable bonds is 2. The second-order valence-corrected chi connectivity index (χ2v) is 7.29. The largest absolute Gasteiger partial charge is 0.146 e. The first-order chi connectivity index (χ1) is 7.34. The molecular weight excluding hydrogens is 191 g/mol. The summed E-state index contributed by atoms with van der Waals surface area (Å²) in [6.45, 7) is 15.6. The summed E-state index contributed by atoms with van der Waals surface area (Å²) in [5.74, 6) is 2.68. The van der Waals surface area contributed by atoms with Crippen LogP contribution in [-0.2, 0) is 0 Å². The fourth-order valence-corrected chi connectivity index (χ4v) is 3.20. The Morgan fingerprint density at radius 2 is 1.44 bits per heavy atom. The first-order valence-corrected chi connectivity index (χ1v) is 7.34. The topological polar surface area (TPSA) is 0 Å². The standard InChI is InChI=1S/C15H31B/c1-12(2)15(5,6)16-10-13(3)8-7-9-14(4)11-16/h12-14H,7-11H2,1-6H3/t13-,14+. The summed E-state index contributed by atoms with van der Waals surface area (Å²) in [7, 11) is 0. The van der Waals surface area contributed by atoms with Crippen LogP contribution < -0.4 is 0 Å². The highest BCUT2D eigenvalue weighted by Crippen LogP contribution is 2.44. The normalized spacial score (nSPS) is 29.1. The van der Waals surface area contributed by atoms with Crippen molar-refractivity contribution < 1.29 is 0 Å². The van der Waals surface area contributed by atoms with E-state index in [0.717, 1.165) is 24.5 Å². The van der Waals surface area contributed by atoms with E-state index in [-0.39, 0.29) is 0 Å². The molecule has 0 unspecified atom stereocenters. The van der Waals surface area contributed by atoms with Crippen LogP contribution in [-0.4, -0.2) is 6.71 Å². The van der Waals surface area contributed by atoms with E-state index in [1.165, 1.54) is 31.9 Å². The molecule has 0 aromatic carbocycles. The first-order valence-electron chi connectivity index (χ1n) is 7.34. The highest BCUT2D eigenvalue weighted by Gasteiger charge is 2.37. The molecule has 0 aromatic heterocycles.